The lowest BCUT2D eigenvalue weighted by Crippen LogP contribution is -2.47. The van der Waals surface area contributed by atoms with Crippen LogP contribution in [0.2, 0.25) is 0 Å². The smallest absolute Gasteiger partial charge is 0.371 e. The molecule has 4 atom stereocenters. The molecule has 16 heteroatoms. The molecule has 0 radical (unpaired) electrons. The van der Waals surface area contributed by atoms with Crippen LogP contribution in [0.15, 0.2) is 67.3 Å². The normalized spacial score (nSPS) is 20.9. The maximum Gasteiger partial charge on any atom is 0.383 e. The fourth-order valence-corrected chi connectivity index (χ4v) is 5.30. The Hall–Kier alpha value is -4.54. The molecule has 1 aliphatic rings. The van der Waals surface area contributed by atoms with E-state index in [4.69, 9.17) is 8.92 Å². The molecule has 5 rings (SSSR count). The van der Waals surface area contributed by atoms with Crippen molar-refractivity contribution in [2.45, 2.75) is 37.9 Å². The average Bonchev–Trinajstić information content (AvgIpc) is 3.50. The number of carbonyl (C=O) groups is 1. The molecule has 1 amide bonds. The van der Waals surface area contributed by atoms with Gasteiger partial charge in [-0.2, -0.15) is 13.1 Å². The lowest BCUT2D eigenvalue weighted by molar-refractivity contribution is -0.384. The third-order valence-corrected chi connectivity index (χ3v) is 7.14. The van der Waals surface area contributed by atoms with Gasteiger partial charge in [-0.3, -0.25) is 19.5 Å². The Bertz CT molecular complexity index is 1650. The van der Waals surface area contributed by atoms with Crippen molar-refractivity contribution in [1.29, 1.82) is 0 Å². The molecular formula is C24H22FN7O7S. The van der Waals surface area contributed by atoms with E-state index in [1.165, 1.54) is 17.2 Å². The number of ether oxygens (including phenoxy) is 1. The molecule has 2 aromatic heterocycles. The van der Waals surface area contributed by atoms with Gasteiger partial charge in [0.2, 0.25) is 0 Å². The highest BCUT2D eigenvalue weighted by Crippen LogP contribution is 2.36. The Morgan fingerprint density at radius 1 is 1.15 bits per heavy atom. The van der Waals surface area contributed by atoms with Gasteiger partial charge in [0.15, 0.2) is 29.4 Å². The van der Waals surface area contributed by atoms with Gasteiger partial charge in [-0.05, 0) is 30.7 Å². The van der Waals surface area contributed by atoms with Gasteiger partial charge in [0, 0.05) is 17.7 Å². The highest BCUT2D eigenvalue weighted by Gasteiger charge is 2.48. The van der Waals surface area contributed by atoms with Gasteiger partial charge >= 0.3 is 10.3 Å². The highest BCUT2D eigenvalue weighted by atomic mass is 32.2. The number of hydrogen-bond donors (Lipinski definition) is 2. The Morgan fingerprint density at radius 2 is 1.88 bits per heavy atom. The number of alkyl halides is 1. The fraction of sp³-hybridized carbons (Fsp3) is 0.250. The number of anilines is 1. The SMILES string of the molecule is CC[C@H]1O[C@@H](n2cnc3c(NC(=O)c4ccccc4)ncnc32)[C@H](F)[C@@H]1NS(=O)(=O)Oc1ccc([N+](=O)[O-])cc1. The number of nitrogens with zero attached hydrogens (tertiary/aromatic N) is 5. The number of carbonyl (C=O) groups excluding carboxylic acids is 1. The van der Waals surface area contributed by atoms with Crippen molar-refractivity contribution in [2.24, 2.45) is 0 Å². The molecule has 208 valence electrons. The number of halogens is 1. The van der Waals surface area contributed by atoms with E-state index in [-0.39, 0.29) is 34.8 Å². The monoisotopic (exact) mass is 571 g/mol. The number of amides is 1. The van der Waals surface area contributed by atoms with Crippen LogP contribution in [0.5, 0.6) is 5.75 Å². The molecule has 2 N–H and O–H groups in total. The first kappa shape index (κ1) is 27.0. The first-order valence-electron chi connectivity index (χ1n) is 12.0. The first-order valence-corrected chi connectivity index (χ1v) is 13.4. The predicted molar refractivity (Wildman–Crippen MR) is 138 cm³/mol. The van der Waals surface area contributed by atoms with E-state index in [9.17, 15) is 23.3 Å². The van der Waals surface area contributed by atoms with E-state index in [0.29, 0.717) is 5.56 Å². The quantitative estimate of drug-likeness (QED) is 0.224. The van der Waals surface area contributed by atoms with Crippen LogP contribution in [0.4, 0.5) is 15.9 Å². The van der Waals surface area contributed by atoms with Gasteiger partial charge in [0.1, 0.15) is 12.1 Å². The van der Waals surface area contributed by atoms with Crippen molar-refractivity contribution < 1.29 is 31.4 Å². The lowest BCUT2D eigenvalue weighted by atomic mass is 10.1. The number of nitrogens with one attached hydrogen (secondary N) is 2. The third kappa shape index (κ3) is 5.45. The Kier molecular flexibility index (Phi) is 7.38. The van der Waals surface area contributed by atoms with E-state index < -0.39 is 45.7 Å². The summed E-state index contributed by atoms with van der Waals surface area (Å²) in [7, 11) is -4.55. The van der Waals surface area contributed by atoms with Crippen molar-refractivity contribution in [1.82, 2.24) is 24.2 Å². The minimum atomic E-state index is -4.55. The van der Waals surface area contributed by atoms with Crippen LogP contribution in [-0.2, 0) is 15.0 Å². The van der Waals surface area contributed by atoms with E-state index in [0.717, 1.165) is 24.3 Å². The molecule has 2 aromatic carbocycles. The number of rotatable bonds is 9. The molecule has 1 saturated heterocycles. The summed E-state index contributed by atoms with van der Waals surface area (Å²) in [5.41, 5.74) is 0.486. The van der Waals surface area contributed by atoms with Crippen LogP contribution in [0.1, 0.15) is 29.9 Å². The van der Waals surface area contributed by atoms with Crippen LogP contribution < -0.4 is 14.2 Å². The Balaban J connectivity index is 1.35. The summed E-state index contributed by atoms with van der Waals surface area (Å²) < 4.78 is 55.4. The van der Waals surface area contributed by atoms with Crippen molar-refractivity contribution in [3.8, 4) is 5.75 Å². The molecule has 40 heavy (non-hydrogen) atoms. The van der Waals surface area contributed by atoms with Crippen LogP contribution >= 0.6 is 0 Å². The number of benzene rings is 2. The summed E-state index contributed by atoms with van der Waals surface area (Å²) in [6.07, 6.45) is -1.39. The second-order valence-electron chi connectivity index (χ2n) is 8.72. The van der Waals surface area contributed by atoms with Gasteiger partial charge < -0.3 is 14.2 Å². The summed E-state index contributed by atoms with van der Waals surface area (Å²) in [5.74, 6) is -0.518. The average molecular weight is 572 g/mol. The zero-order valence-electron chi connectivity index (χ0n) is 20.7. The Morgan fingerprint density at radius 3 is 2.55 bits per heavy atom. The van der Waals surface area contributed by atoms with E-state index in [2.05, 4.69) is 25.0 Å². The largest absolute Gasteiger partial charge is 0.383 e. The minimum Gasteiger partial charge on any atom is -0.371 e. The second kappa shape index (κ2) is 10.9. The van der Waals surface area contributed by atoms with Gasteiger partial charge in [-0.25, -0.2) is 19.3 Å². The summed E-state index contributed by atoms with van der Waals surface area (Å²) in [6, 6.07) is 11.5. The van der Waals surface area contributed by atoms with Gasteiger partial charge in [-0.1, -0.05) is 25.1 Å². The molecular weight excluding hydrogens is 549 g/mol. The zero-order valence-corrected chi connectivity index (χ0v) is 21.6. The van der Waals surface area contributed by atoms with E-state index >= 15 is 4.39 Å². The predicted octanol–water partition coefficient (Wildman–Crippen LogP) is 2.91. The van der Waals surface area contributed by atoms with E-state index in [1.54, 1.807) is 37.3 Å². The number of nitro benzene ring substituents is 1. The van der Waals surface area contributed by atoms with E-state index in [1.807, 2.05) is 0 Å². The summed E-state index contributed by atoms with van der Waals surface area (Å²) >= 11 is 0. The molecule has 1 fully saturated rings. The highest BCUT2D eigenvalue weighted by molar-refractivity contribution is 7.85. The van der Waals surface area contributed by atoms with Crippen LogP contribution in [0.3, 0.4) is 0 Å². The standard InChI is InChI=1S/C24H22FN7O7S/c1-2-17-19(30-40(36,37)39-16-10-8-15(9-11-16)32(34)35)18(25)24(38-17)31-13-28-20-21(26-12-27-22(20)31)29-23(33)14-6-4-3-5-7-14/h3-13,17-19,24,30H,2H2,1H3,(H,26,27,29,33)/t17-,18-,19-,24-/m1/s1. The topological polar surface area (TPSA) is 180 Å². The first-order chi connectivity index (χ1) is 19.2. The second-order valence-corrected chi connectivity index (χ2v) is 10.0. The minimum absolute atomic E-state index is 0.104. The van der Waals surface area contributed by atoms with Crippen LogP contribution in [0, 0.1) is 10.1 Å². The summed E-state index contributed by atoms with van der Waals surface area (Å²) in [5, 5.41) is 13.5. The molecule has 4 aromatic rings. The van der Waals surface area contributed by atoms with Crippen molar-refractivity contribution in [3.05, 3.63) is 82.9 Å². The lowest BCUT2D eigenvalue weighted by Gasteiger charge is -2.19. The summed E-state index contributed by atoms with van der Waals surface area (Å²) in [6.45, 7) is 1.70. The number of hydrogen-bond acceptors (Lipinski definition) is 10. The van der Waals surface area contributed by atoms with Crippen molar-refractivity contribution >= 4 is 38.9 Å². The number of nitro groups is 1. The number of fused-ring (bicyclic) bond motifs is 1. The summed E-state index contributed by atoms with van der Waals surface area (Å²) in [4.78, 5) is 35.3. The molecule has 3 heterocycles. The maximum absolute atomic E-state index is 15.8. The third-order valence-electron chi connectivity index (χ3n) is 6.17. The molecule has 0 unspecified atom stereocenters. The molecule has 1 aliphatic heterocycles. The number of imidazole rings is 1. The fourth-order valence-electron chi connectivity index (χ4n) is 4.27. The van der Waals surface area contributed by atoms with Crippen LogP contribution in [0.25, 0.3) is 11.2 Å². The zero-order chi connectivity index (χ0) is 28.4. The maximum atomic E-state index is 15.8. The molecule has 0 aliphatic carbocycles. The van der Waals surface area contributed by atoms with Crippen molar-refractivity contribution in [3.63, 3.8) is 0 Å². The Labute approximate surface area is 226 Å². The molecule has 0 saturated carbocycles. The number of aromatic nitrogens is 4. The van der Waals surface area contributed by atoms with Gasteiger partial charge in [-0.15, -0.1) is 0 Å². The van der Waals surface area contributed by atoms with Gasteiger partial charge in [0.05, 0.1) is 23.4 Å². The van der Waals surface area contributed by atoms with Crippen molar-refractivity contribution in [2.75, 3.05) is 5.32 Å². The molecule has 14 nitrogen and oxygen atoms in total. The van der Waals surface area contributed by atoms with Crippen LogP contribution in [-0.4, -0.2) is 57.1 Å². The number of non-ortho nitro benzene ring substituents is 1. The molecule has 0 bridgehead atoms. The molecule has 0 spiro atoms. The van der Waals surface area contributed by atoms with Gasteiger partial charge in [0.25, 0.3) is 11.6 Å².